The molecule has 2 heterocycles. The summed E-state index contributed by atoms with van der Waals surface area (Å²) < 4.78 is 0. The Morgan fingerprint density at radius 2 is 1.96 bits per heavy atom. The van der Waals surface area contributed by atoms with E-state index < -0.39 is 0 Å². The Balaban J connectivity index is 1.68. The molecular weight excluding hydrogens is 312 g/mol. The summed E-state index contributed by atoms with van der Waals surface area (Å²) in [7, 11) is 0. The minimum Gasteiger partial charge on any atom is -0.376 e. The van der Waals surface area contributed by atoms with E-state index in [-0.39, 0.29) is 11.9 Å². The molecule has 1 unspecified atom stereocenters. The maximum absolute atomic E-state index is 12.9. The maximum Gasteiger partial charge on any atom is 0.242 e. The lowest BCUT2D eigenvalue weighted by Gasteiger charge is -2.31. The highest BCUT2D eigenvalue weighted by molar-refractivity contribution is 5.81. The van der Waals surface area contributed by atoms with Crippen molar-refractivity contribution in [1.82, 2.24) is 15.2 Å². The second-order valence-electron chi connectivity index (χ2n) is 6.40. The van der Waals surface area contributed by atoms with Crippen LogP contribution in [-0.2, 0) is 11.3 Å². The van der Waals surface area contributed by atoms with Crippen LogP contribution in [0.25, 0.3) is 0 Å². The van der Waals surface area contributed by atoms with Crippen molar-refractivity contribution in [2.75, 3.05) is 25.0 Å². The fourth-order valence-electron chi connectivity index (χ4n) is 3.23. The van der Waals surface area contributed by atoms with E-state index >= 15 is 0 Å². The van der Waals surface area contributed by atoms with Gasteiger partial charge in [-0.2, -0.15) is 0 Å². The van der Waals surface area contributed by atoms with Crippen molar-refractivity contribution in [3.63, 3.8) is 0 Å². The Labute approximate surface area is 149 Å². The van der Waals surface area contributed by atoms with E-state index in [0.717, 1.165) is 43.7 Å². The number of pyridine rings is 1. The highest BCUT2D eigenvalue weighted by Crippen LogP contribution is 2.17. The maximum atomic E-state index is 12.9. The molecular formula is C20H26N4O. The van der Waals surface area contributed by atoms with Crippen LogP contribution in [0.5, 0.6) is 0 Å². The molecule has 0 radical (unpaired) electrons. The lowest BCUT2D eigenvalue weighted by atomic mass is 10.1. The molecule has 1 aliphatic rings. The molecule has 0 saturated carbocycles. The molecule has 5 nitrogen and oxygen atoms in total. The number of amides is 1. The first kappa shape index (κ1) is 17.4. The summed E-state index contributed by atoms with van der Waals surface area (Å²) in [5.41, 5.74) is 1.91. The molecule has 2 N–H and O–H groups in total. The van der Waals surface area contributed by atoms with Crippen LogP contribution >= 0.6 is 0 Å². The summed E-state index contributed by atoms with van der Waals surface area (Å²) in [5, 5.41) is 6.66. The molecule has 1 atom stereocenters. The van der Waals surface area contributed by atoms with Crippen LogP contribution in [0.4, 0.5) is 5.69 Å². The van der Waals surface area contributed by atoms with E-state index in [0.29, 0.717) is 13.1 Å². The van der Waals surface area contributed by atoms with Gasteiger partial charge in [0.2, 0.25) is 5.91 Å². The van der Waals surface area contributed by atoms with Crippen molar-refractivity contribution in [1.29, 1.82) is 0 Å². The molecule has 132 valence electrons. The van der Waals surface area contributed by atoms with E-state index in [1.807, 2.05) is 53.4 Å². The van der Waals surface area contributed by atoms with Gasteiger partial charge in [0.05, 0.1) is 18.8 Å². The van der Waals surface area contributed by atoms with E-state index in [2.05, 4.69) is 15.6 Å². The highest BCUT2D eigenvalue weighted by Gasteiger charge is 2.24. The Morgan fingerprint density at radius 1 is 1.12 bits per heavy atom. The van der Waals surface area contributed by atoms with Gasteiger partial charge in [-0.1, -0.05) is 24.3 Å². The van der Waals surface area contributed by atoms with Gasteiger partial charge in [0.25, 0.3) is 0 Å². The van der Waals surface area contributed by atoms with E-state index in [9.17, 15) is 4.79 Å². The number of aromatic nitrogens is 1. The predicted octanol–water partition coefficient (Wildman–Crippen LogP) is 2.66. The van der Waals surface area contributed by atoms with Crippen molar-refractivity contribution >= 4 is 11.6 Å². The molecule has 1 aromatic heterocycles. The SMILES string of the molecule is O=C(CNc1ccccc1)N(Cc1ccccn1)C1CCCNCC1. The fraction of sp³-hybridized carbons (Fsp3) is 0.400. The smallest absolute Gasteiger partial charge is 0.242 e. The zero-order chi connectivity index (χ0) is 17.3. The number of hydrogen-bond acceptors (Lipinski definition) is 4. The van der Waals surface area contributed by atoms with Crippen LogP contribution in [0.2, 0.25) is 0 Å². The van der Waals surface area contributed by atoms with Gasteiger partial charge in [0, 0.05) is 17.9 Å². The number of benzene rings is 1. The summed E-state index contributed by atoms with van der Waals surface area (Å²) in [6.07, 6.45) is 4.92. The van der Waals surface area contributed by atoms with E-state index in [1.165, 1.54) is 0 Å². The number of nitrogens with zero attached hydrogens (tertiary/aromatic N) is 2. The largest absolute Gasteiger partial charge is 0.376 e. The van der Waals surface area contributed by atoms with Crippen molar-refractivity contribution in [3.8, 4) is 0 Å². The first-order chi connectivity index (χ1) is 12.3. The molecule has 1 aliphatic heterocycles. The Hall–Kier alpha value is -2.40. The quantitative estimate of drug-likeness (QED) is 0.850. The van der Waals surface area contributed by atoms with Gasteiger partial charge in [-0.15, -0.1) is 0 Å². The Morgan fingerprint density at radius 3 is 2.76 bits per heavy atom. The number of carbonyl (C=O) groups excluding carboxylic acids is 1. The number of rotatable bonds is 6. The Bertz CT molecular complexity index is 639. The lowest BCUT2D eigenvalue weighted by molar-refractivity contribution is -0.132. The minimum atomic E-state index is 0.126. The fourth-order valence-corrected chi connectivity index (χ4v) is 3.23. The van der Waals surface area contributed by atoms with Crippen molar-refractivity contribution in [2.24, 2.45) is 0 Å². The molecule has 0 aliphatic carbocycles. The van der Waals surface area contributed by atoms with E-state index in [4.69, 9.17) is 0 Å². The molecule has 3 rings (SSSR count). The first-order valence-electron chi connectivity index (χ1n) is 9.02. The highest BCUT2D eigenvalue weighted by atomic mass is 16.2. The third-order valence-electron chi connectivity index (χ3n) is 4.58. The van der Waals surface area contributed by atoms with Gasteiger partial charge >= 0.3 is 0 Å². The molecule has 5 heteroatoms. The number of anilines is 1. The summed E-state index contributed by atoms with van der Waals surface area (Å²) in [5.74, 6) is 0.126. The van der Waals surface area contributed by atoms with Crippen LogP contribution in [0, 0.1) is 0 Å². The molecule has 1 aromatic carbocycles. The van der Waals surface area contributed by atoms with Gasteiger partial charge < -0.3 is 15.5 Å². The van der Waals surface area contributed by atoms with Crippen LogP contribution in [0.1, 0.15) is 25.0 Å². The lowest BCUT2D eigenvalue weighted by Crippen LogP contribution is -2.43. The van der Waals surface area contributed by atoms with Crippen molar-refractivity contribution in [3.05, 3.63) is 60.4 Å². The van der Waals surface area contributed by atoms with Gasteiger partial charge in [-0.25, -0.2) is 0 Å². The summed E-state index contributed by atoms with van der Waals surface area (Å²) in [6, 6.07) is 16.0. The van der Waals surface area contributed by atoms with Crippen LogP contribution in [0.15, 0.2) is 54.7 Å². The van der Waals surface area contributed by atoms with Crippen LogP contribution < -0.4 is 10.6 Å². The van der Waals surface area contributed by atoms with Crippen LogP contribution in [-0.4, -0.2) is 41.5 Å². The van der Waals surface area contributed by atoms with Crippen LogP contribution in [0.3, 0.4) is 0 Å². The minimum absolute atomic E-state index is 0.126. The van der Waals surface area contributed by atoms with Crippen molar-refractivity contribution in [2.45, 2.75) is 31.8 Å². The average Bonchev–Trinajstić information content (AvgIpc) is 2.95. The topological polar surface area (TPSA) is 57.3 Å². The van der Waals surface area contributed by atoms with Gasteiger partial charge in [0.15, 0.2) is 0 Å². The molecule has 1 saturated heterocycles. The van der Waals surface area contributed by atoms with E-state index in [1.54, 1.807) is 6.20 Å². The summed E-state index contributed by atoms with van der Waals surface area (Å²) in [4.78, 5) is 19.4. The van der Waals surface area contributed by atoms with Gasteiger partial charge in [-0.3, -0.25) is 9.78 Å². The zero-order valence-corrected chi connectivity index (χ0v) is 14.5. The standard InChI is InChI=1S/C20H26N4O/c25-20(15-23-17-7-2-1-3-8-17)24(16-18-9-4-5-13-22-18)19-10-6-12-21-14-11-19/h1-5,7-9,13,19,21,23H,6,10-12,14-16H2. The van der Waals surface area contributed by atoms with Gasteiger partial charge in [-0.05, 0) is 56.6 Å². The molecule has 1 fully saturated rings. The molecule has 1 amide bonds. The number of nitrogens with one attached hydrogen (secondary N) is 2. The second-order valence-corrected chi connectivity index (χ2v) is 6.40. The van der Waals surface area contributed by atoms with Crippen molar-refractivity contribution < 1.29 is 4.79 Å². The molecule has 25 heavy (non-hydrogen) atoms. The average molecular weight is 338 g/mol. The summed E-state index contributed by atoms with van der Waals surface area (Å²) in [6.45, 7) is 2.87. The number of hydrogen-bond donors (Lipinski definition) is 2. The number of para-hydroxylation sites is 1. The van der Waals surface area contributed by atoms with Gasteiger partial charge in [0.1, 0.15) is 0 Å². The molecule has 2 aromatic rings. The monoisotopic (exact) mass is 338 g/mol. The molecule has 0 spiro atoms. The zero-order valence-electron chi connectivity index (χ0n) is 14.5. The third-order valence-corrected chi connectivity index (χ3v) is 4.58. The molecule has 0 bridgehead atoms. The summed E-state index contributed by atoms with van der Waals surface area (Å²) >= 11 is 0. The normalized spacial score (nSPS) is 17.5. The Kier molecular flexibility index (Phi) is 6.40. The first-order valence-corrected chi connectivity index (χ1v) is 9.02. The predicted molar refractivity (Wildman–Crippen MR) is 100 cm³/mol. The number of carbonyl (C=O) groups is 1. The second kappa shape index (κ2) is 9.18. The third kappa shape index (κ3) is 5.29.